The molecule has 1 fully saturated rings. The van der Waals surface area contributed by atoms with Crippen molar-refractivity contribution in [3.63, 3.8) is 0 Å². The Kier molecular flexibility index (Phi) is 8.28. The number of guanidine groups is 1. The normalized spacial score (nSPS) is 23.1. The van der Waals surface area contributed by atoms with Crippen LogP contribution in [-0.4, -0.2) is 51.4 Å². The van der Waals surface area contributed by atoms with Crippen LogP contribution < -0.4 is 10.6 Å². The van der Waals surface area contributed by atoms with Crippen molar-refractivity contribution in [3.8, 4) is 0 Å². The van der Waals surface area contributed by atoms with Crippen LogP contribution in [0.5, 0.6) is 0 Å². The maximum absolute atomic E-state index is 10.3. The molecule has 7 nitrogen and oxygen atoms in total. The first-order chi connectivity index (χ1) is 12.6. The van der Waals surface area contributed by atoms with Crippen molar-refractivity contribution < 1.29 is 5.11 Å². The minimum absolute atomic E-state index is 0. The van der Waals surface area contributed by atoms with Crippen molar-refractivity contribution in [1.29, 1.82) is 0 Å². The molecule has 2 atom stereocenters. The molecule has 2 heterocycles. The lowest BCUT2D eigenvalue weighted by Gasteiger charge is -2.37. The van der Waals surface area contributed by atoms with E-state index in [1.807, 2.05) is 28.8 Å². The number of nitrogens with zero attached hydrogens (tertiary/aromatic N) is 4. The predicted molar refractivity (Wildman–Crippen MR) is 119 cm³/mol. The maximum Gasteiger partial charge on any atom is 0.191 e. The molecule has 3 rings (SSSR count). The first-order valence-electron chi connectivity index (χ1n) is 9.61. The lowest BCUT2D eigenvalue weighted by Crippen LogP contribution is -2.42. The van der Waals surface area contributed by atoms with E-state index in [2.05, 4.69) is 34.7 Å². The lowest BCUT2D eigenvalue weighted by molar-refractivity contribution is 0.00716. The van der Waals surface area contributed by atoms with Gasteiger partial charge in [0.25, 0.3) is 0 Å². The van der Waals surface area contributed by atoms with E-state index in [4.69, 9.17) is 4.99 Å². The fraction of sp³-hybridized carbons (Fsp3) is 0.632. The smallest absolute Gasteiger partial charge is 0.191 e. The summed E-state index contributed by atoms with van der Waals surface area (Å²) in [5.74, 6) is 1.72. The minimum atomic E-state index is -0.259. The van der Waals surface area contributed by atoms with Crippen LogP contribution in [0.3, 0.4) is 0 Å². The summed E-state index contributed by atoms with van der Waals surface area (Å²) < 4.78 is 2.01. The van der Waals surface area contributed by atoms with Crippen LogP contribution in [-0.2, 0) is 6.42 Å². The van der Waals surface area contributed by atoms with Crippen LogP contribution in [0.15, 0.2) is 29.4 Å². The Hall–Kier alpha value is -1.42. The molecule has 0 radical (unpaired) electrons. The number of aliphatic hydroxyl groups excluding tert-OH is 1. The molecule has 0 bridgehead atoms. The number of aliphatic hydroxyl groups is 1. The van der Waals surface area contributed by atoms with Crippen molar-refractivity contribution >= 4 is 35.6 Å². The number of hydrogen-bond acceptors (Lipinski definition) is 4. The van der Waals surface area contributed by atoms with Crippen LogP contribution in [0.25, 0.3) is 5.65 Å². The van der Waals surface area contributed by atoms with E-state index in [9.17, 15) is 5.11 Å². The third kappa shape index (κ3) is 5.54. The number of halogens is 1. The average molecular weight is 486 g/mol. The molecule has 27 heavy (non-hydrogen) atoms. The maximum atomic E-state index is 10.3. The Labute approximate surface area is 178 Å². The Bertz CT molecular complexity index is 749. The summed E-state index contributed by atoms with van der Waals surface area (Å²) in [4.78, 5) is 4.73. The number of aliphatic imine (C=N–C) groups is 1. The quantitative estimate of drug-likeness (QED) is 0.332. The number of fused-ring (bicyclic) bond motifs is 1. The highest BCUT2D eigenvalue weighted by Crippen LogP contribution is 2.36. The molecule has 150 valence electrons. The zero-order valence-electron chi connectivity index (χ0n) is 16.2. The number of rotatable bonds is 6. The number of aromatic nitrogens is 3. The molecule has 0 saturated heterocycles. The van der Waals surface area contributed by atoms with E-state index in [-0.39, 0.29) is 35.5 Å². The fourth-order valence-corrected chi connectivity index (χ4v) is 3.52. The number of pyridine rings is 1. The molecule has 3 N–H and O–H groups in total. The highest BCUT2D eigenvalue weighted by Gasteiger charge is 2.35. The molecule has 0 spiro atoms. The van der Waals surface area contributed by atoms with Gasteiger partial charge in [-0.1, -0.05) is 25.8 Å². The Morgan fingerprint density at radius 2 is 2.19 bits per heavy atom. The summed E-state index contributed by atoms with van der Waals surface area (Å²) in [5.41, 5.74) is 0.742. The molecule has 0 aromatic carbocycles. The highest BCUT2D eigenvalue weighted by atomic mass is 127. The van der Waals surface area contributed by atoms with Gasteiger partial charge in [-0.15, -0.1) is 34.2 Å². The van der Waals surface area contributed by atoms with E-state index < -0.39 is 0 Å². The number of hydrogen-bond donors (Lipinski definition) is 3. The summed E-state index contributed by atoms with van der Waals surface area (Å²) >= 11 is 0. The summed E-state index contributed by atoms with van der Waals surface area (Å²) in [6.07, 6.45) is 6.69. The Morgan fingerprint density at radius 1 is 1.33 bits per heavy atom. The van der Waals surface area contributed by atoms with Gasteiger partial charge in [0.15, 0.2) is 11.6 Å². The van der Waals surface area contributed by atoms with Crippen LogP contribution in [0.4, 0.5) is 0 Å². The van der Waals surface area contributed by atoms with Crippen LogP contribution in [0.1, 0.15) is 45.4 Å². The molecule has 2 unspecified atom stereocenters. The van der Waals surface area contributed by atoms with Gasteiger partial charge in [0, 0.05) is 31.1 Å². The summed E-state index contributed by atoms with van der Waals surface area (Å²) in [6, 6.07) is 5.89. The first kappa shape index (κ1) is 21.9. The van der Waals surface area contributed by atoms with Crippen molar-refractivity contribution in [2.24, 2.45) is 10.4 Å². The van der Waals surface area contributed by atoms with Crippen LogP contribution in [0.2, 0.25) is 0 Å². The zero-order chi connectivity index (χ0) is 18.4. The van der Waals surface area contributed by atoms with E-state index in [1.165, 1.54) is 6.42 Å². The van der Waals surface area contributed by atoms with Crippen LogP contribution in [0, 0.1) is 5.41 Å². The second kappa shape index (κ2) is 10.2. The predicted octanol–water partition coefficient (Wildman–Crippen LogP) is 2.39. The molecule has 8 heteroatoms. The first-order valence-corrected chi connectivity index (χ1v) is 9.61. The van der Waals surface area contributed by atoms with Gasteiger partial charge < -0.3 is 15.7 Å². The van der Waals surface area contributed by atoms with Gasteiger partial charge in [0.1, 0.15) is 5.82 Å². The monoisotopic (exact) mass is 486 g/mol. The van der Waals surface area contributed by atoms with Gasteiger partial charge in [0.2, 0.25) is 0 Å². The molecule has 1 saturated carbocycles. The molecular weight excluding hydrogens is 455 g/mol. The zero-order valence-corrected chi connectivity index (χ0v) is 18.5. The highest BCUT2D eigenvalue weighted by molar-refractivity contribution is 14.0. The average Bonchev–Trinajstić information content (AvgIpc) is 3.06. The number of nitrogens with one attached hydrogen (secondary N) is 2. The van der Waals surface area contributed by atoms with Crippen molar-refractivity contribution in [2.75, 3.05) is 19.6 Å². The molecule has 2 aromatic rings. The molecule has 0 aliphatic heterocycles. The van der Waals surface area contributed by atoms with Gasteiger partial charge >= 0.3 is 0 Å². The topological polar surface area (TPSA) is 86.8 Å². The third-order valence-corrected chi connectivity index (χ3v) is 5.25. The lowest BCUT2D eigenvalue weighted by atomic mass is 9.73. The Morgan fingerprint density at radius 3 is 2.96 bits per heavy atom. The van der Waals surface area contributed by atoms with E-state index in [0.29, 0.717) is 6.54 Å². The van der Waals surface area contributed by atoms with Gasteiger partial charge in [-0.05, 0) is 31.9 Å². The molecule has 0 amide bonds. The van der Waals surface area contributed by atoms with Gasteiger partial charge in [-0.2, -0.15) is 0 Å². The summed E-state index contributed by atoms with van der Waals surface area (Å²) in [5, 5.41) is 25.4. The van der Waals surface area contributed by atoms with Crippen molar-refractivity contribution in [2.45, 2.75) is 52.1 Å². The van der Waals surface area contributed by atoms with Crippen molar-refractivity contribution in [3.05, 3.63) is 30.2 Å². The largest absolute Gasteiger partial charge is 0.392 e. The van der Waals surface area contributed by atoms with Gasteiger partial charge in [0.05, 0.1) is 12.6 Å². The van der Waals surface area contributed by atoms with E-state index in [0.717, 1.165) is 56.2 Å². The molecular formula is C19H31IN6O. The molecule has 2 aromatic heterocycles. The molecule has 1 aliphatic carbocycles. The fourth-order valence-electron chi connectivity index (χ4n) is 3.52. The second-order valence-electron chi connectivity index (χ2n) is 7.33. The van der Waals surface area contributed by atoms with Gasteiger partial charge in [-0.3, -0.25) is 9.39 Å². The summed E-state index contributed by atoms with van der Waals surface area (Å²) in [7, 11) is 0. The van der Waals surface area contributed by atoms with E-state index >= 15 is 0 Å². The second-order valence-corrected chi connectivity index (χ2v) is 7.33. The SMILES string of the molecule is CCNC(=NCC1(C)CCCCC1O)NCCc1nnc2ccccn12.I. The van der Waals surface area contributed by atoms with E-state index in [1.54, 1.807) is 0 Å². The van der Waals surface area contributed by atoms with Crippen LogP contribution >= 0.6 is 24.0 Å². The minimum Gasteiger partial charge on any atom is -0.392 e. The Balaban J connectivity index is 0.00000261. The standard InChI is InChI=1S/C19H30N6O.HI/c1-3-20-18(22-14-19(2)11-6-4-8-15(19)26)21-12-10-17-24-23-16-9-5-7-13-25(16)17;/h5,7,9,13,15,26H,3-4,6,8,10-12,14H2,1-2H3,(H2,20,21,22);1H. The third-order valence-electron chi connectivity index (χ3n) is 5.25. The summed E-state index contributed by atoms with van der Waals surface area (Å²) in [6.45, 7) is 6.36. The molecule has 1 aliphatic rings. The van der Waals surface area contributed by atoms with Crippen molar-refractivity contribution in [1.82, 2.24) is 25.2 Å². The van der Waals surface area contributed by atoms with Gasteiger partial charge in [-0.25, -0.2) is 0 Å².